The standard InChI is InChI=1S/C13H24N2O4/c1-8(2)11(16)14-9-6-15(12(17)18)7-10(9)19-13(3,4)5/h8-10H,6-7H2,1-5H3,(H,14,16)(H,17,18). The molecule has 1 fully saturated rings. The van der Waals surface area contributed by atoms with E-state index in [0.717, 1.165) is 0 Å². The highest BCUT2D eigenvalue weighted by molar-refractivity contribution is 5.78. The summed E-state index contributed by atoms with van der Waals surface area (Å²) in [6.45, 7) is 9.91. The van der Waals surface area contributed by atoms with Crippen LogP contribution in [0.15, 0.2) is 0 Å². The molecule has 1 aliphatic rings. The molecule has 0 aromatic rings. The van der Waals surface area contributed by atoms with Gasteiger partial charge in [-0.1, -0.05) is 13.8 Å². The number of carbonyl (C=O) groups is 2. The van der Waals surface area contributed by atoms with Gasteiger partial charge in [0, 0.05) is 12.5 Å². The lowest BCUT2D eigenvalue weighted by atomic mass is 10.1. The minimum atomic E-state index is -0.983. The third-order valence-electron chi connectivity index (χ3n) is 2.89. The maximum absolute atomic E-state index is 11.8. The third kappa shape index (κ3) is 4.70. The van der Waals surface area contributed by atoms with Crippen molar-refractivity contribution < 1.29 is 19.4 Å². The number of hydrogen-bond donors (Lipinski definition) is 2. The van der Waals surface area contributed by atoms with Gasteiger partial charge in [0.25, 0.3) is 0 Å². The number of nitrogens with zero attached hydrogens (tertiary/aromatic N) is 1. The van der Waals surface area contributed by atoms with Gasteiger partial charge in [0.2, 0.25) is 5.91 Å². The maximum Gasteiger partial charge on any atom is 0.407 e. The molecule has 1 rings (SSSR count). The number of carbonyl (C=O) groups excluding carboxylic acids is 1. The van der Waals surface area contributed by atoms with Gasteiger partial charge < -0.3 is 20.1 Å². The minimum absolute atomic E-state index is 0.0836. The summed E-state index contributed by atoms with van der Waals surface area (Å²) in [5.74, 6) is -0.214. The van der Waals surface area contributed by atoms with E-state index in [4.69, 9.17) is 9.84 Å². The van der Waals surface area contributed by atoms with Crippen molar-refractivity contribution >= 4 is 12.0 Å². The Bertz CT molecular complexity index is 349. The first-order chi connectivity index (χ1) is 8.60. The average molecular weight is 272 g/mol. The van der Waals surface area contributed by atoms with Crippen molar-refractivity contribution in [2.75, 3.05) is 13.1 Å². The van der Waals surface area contributed by atoms with Crippen LogP contribution in [0.1, 0.15) is 34.6 Å². The fourth-order valence-electron chi connectivity index (χ4n) is 1.99. The monoisotopic (exact) mass is 272 g/mol. The average Bonchev–Trinajstić information content (AvgIpc) is 2.59. The molecule has 6 heteroatoms. The van der Waals surface area contributed by atoms with E-state index < -0.39 is 6.09 Å². The molecule has 2 N–H and O–H groups in total. The number of likely N-dealkylation sites (tertiary alicyclic amines) is 1. The Balaban J connectivity index is 2.73. The van der Waals surface area contributed by atoms with Crippen molar-refractivity contribution in [2.45, 2.75) is 52.4 Å². The molecule has 1 saturated heterocycles. The molecule has 2 unspecified atom stereocenters. The molecule has 19 heavy (non-hydrogen) atoms. The Hall–Kier alpha value is -1.30. The van der Waals surface area contributed by atoms with Crippen LogP contribution in [0.25, 0.3) is 0 Å². The third-order valence-corrected chi connectivity index (χ3v) is 2.89. The molecular weight excluding hydrogens is 248 g/mol. The lowest BCUT2D eigenvalue weighted by molar-refractivity contribution is -0.126. The first-order valence-corrected chi connectivity index (χ1v) is 6.56. The van der Waals surface area contributed by atoms with Gasteiger partial charge in [0.15, 0.2) is 0 Å². The molecule has 0 aliphatic carbocycles. The van der Waals surface area contributed by atoms with E-state index in [-0.39, 0.29) is 42.7 Å². The van der Waals surface area contributed by atoms with E-state index in [2.05, 4.69) is 5.32 Å². The van der Waals surface area contributed by atoms with Crippen molar-refractivity contribution in [3.8, 4) is 0 Å². The fraction of sp³-hybridized carbons (Fsp3) is 0.846. The van der Waals surface area contributed by atoms with Crippen LogP contribution >= 0.6 is 0 Å². The van der Waals surface area contributed by atoms with Crippen LogP contribution in [-0.4, -0.2) is 52.8 Å². The number of carboxylic acid groups (broad SMARTS) is 1. The van der Waals surface area contributed by atoms with Crippen LogP contribution in [0.5, 0.6) is 0 Å². The first kappa shape index (κ1) is 15.8. The lowest BCUT2D eigenvalue weighted by Crippen LogP contribution is -2.47. The SMILES string of the molecule is CC(C)C(=O)NC1CN(C(=O)O)CC1OC(C)(C)C. The van der Waals surface area contributed by atoms with Gasteiger partial charge in [-0.25, -0.2) is 4.79 Å². The van der Waals surface area contributed by atoms with E-state index in [1.165, 1.54) is 4.90 Å². The van der Waals surface area contributed by atoms with Gasteiger partial charge in [-0.3, -0.25) is 4.79 Å². The summed E-state index contributed by atoms with van der Waals surface area (Å²) < 4.78 is 5.85. The van der Waals surface area contributed by atoms with Crippen LogP contribution in [0, 0.1) is 5.92 Å². The number of ether oxygens (including phenoxy) is 1. The molecular formula is C13H24N2O4. The van der Waals surface area contributed by atoms with E-state index in [0.29, 0.717) is 0 Å². The summed E-state index contributed by atoms with van der Waals surface area (Å²) in [5.41, 5.74) is -0.375. The Morgan fingerprint density at radius 2 is 1.89 bits per heavy atom. The molecule has 6 nitrogen and oxygen atoms in total. The Kier molecular flexibility index (Phi) is 4.79. The Morgan fingerprint density at radius 1 is 1.32 bits per heavy atom. The predicted octanol–water partition coefficient (Wildman–Crippen LogP) is 1.30. The molecule has 0 bridgehead atoms. The van der Waals surface area contributed by atoms with Crippen LogP contribution < -0.4 is 5.32 Å². The summed E-state index contributed by atoms with van der Waals surface area (Å²) in [5, 5.41) is 11.9. The molecule has 0 aromatic carbocycles. The topological polar surface area (TPSA) is 78.9 Å². The summed E-state index contributed by atoms with van der Waals surface area (Å²) in [6.07, 6.45) is -1.29. The van der Waals surface area contributed by atoms with Gasteiger partial charge in [0.1, 0.15) is 0 Å². The molecule has 1 aliphatic heterocycles. The molecule has 0 spiro atoms. The molecule has 2 atom stereocenters. The van der Waals surface area contributed by atoms with E-state index in [9.17, 15) is 9.59 Å². The van der Waals surface area contributed by atoms with E-state index >= 15 is 0 Å². The van der Waals surface area contributed by atoms with Crippen molar-refractivity contribution in [1.82, 2.24) is 10.2 Å². The van der Waals surface area contributed by atoms with Crippen molar-refractivity contribution in [1.29, 1.82) is 0 Å². The zero-order valence-corrected chi connectivity index (χ0v) is 12.3. The van der Waals surface area contributed by atoms with Crippen molar-refractivity contribution in [3.05, 3.63) is 0 Å². The fourth-order valence-corrected chi connectivity index (χ4v) is 1.99. The Labute approximate surface area is 114 Å². The summed E-state index contributed by atoms with van der Waals surface area (Å²) in [4.78, 5) is 24.1. The molecule has 0 aromatic heterocycles. The molecule has 1 heterocycles. The van der Waals surface area contributed by atoms with Gasteiger partial charge >= 0.3 is 6.09 Å². The summed E-state index contributed by atoms with van der Waals surface area (Å²) in [6, 6.07) is -0.287. The van der Waals surface area contributed by atoms with Gasteiger partial charge in [-0.05, 0) is 20.8 Å². The van der Waals surface area contributed by atoms with Gasteiger partial charge in [0.05, 0.1) is 24.3 Å². The second-order valence-corrected chi connectivity index (χ2v) is 6.23. The van der Waals surface area contributed by atoms with Crippen LogP contribution in [0.2, 0.25) is 0 Å². The van der Waals surface area contributed by atoms with E-state index in [1.54, 1.807) is 13.8 Å². The molecule has 2 amide bonds. The van der Waals surface area contributed by atoms with Crippen molar-refractivity contribution in [2.24, 2.45) is 5.92 Å². The Morgan fingerprint density at radius 3 is 2.32 bits per heavy atom. The number of rotatable bonds is 3. The van der Waals surface area contributed by atoms with Gasteiger partial charge in [-0.15, -0.1) is 0 Å². The number of nitrogens with one attached hydrogen (secondary N) is 1. The highest BCUT2D eigenvalue weighted by Crippen LogP contribution is 2.20. The van der Waals surface area contributed by atoms with Crippen LogP contribution in [-0.2, 0) is 9.53 Å². The van der Waals surface area contributed by atoms with Gasteiger partial charge in [-0.2, -0.15) is 0 Å². The summed E-state index contributed by atoms with van der Waals surface area (Å²) in [7, 11) is 0. The smallest absolute Gasteiger partial charge is 0.407 e. The highest BCUT2D eigenvalue weighted by Gasteiger charge is 2.39. The molecule has 0 radical (unpaired) electrons. The van der Waals surface area contributed by atoms with Crippen molar-refractivity contribution in [3.63, 3.8) is 0 Å². The largest absolute Gasteiger partial charge is 0.465 e. The zero-order chi connectivity index (χ0) is 14.8. The maximum atomic E-state index is 11.8. The van der Waals surface area contributed by atoms with E-state index in [1.807, 2.05) is 20.8 Å². The normalized spacial score (nSPS) is 23.8. The second kappa shape index (κ2) is 5.77. The van der Waals surface area contributed by atoms with Crippen LogP contribution in [0.3, 0.4) is 0 Å². The first-order valence-electron chi connectivity index (χ1n) is 6.56. The minimum Gasteiger partial charge on any atom is -0.465 e. The number of hydrogen-bond acceptors (Lipinski definition) is 3. The highest BCUT2D eigenvalue weighted by atomic mass is 16.5. The van der Waals surface area contributed by atoms with Crippen LogP contribution in [0.4, 0.5) is 4.79 Å². The lowest BCUT2D eigenvalue weighted by Gasteiger charge is -2.28. The molecule has 110 valence electrons. The second-order valence-electron chi connectivity index (χ2n) is 6.23. The summed E-state index contributed by atoms with van der Waals surface area (Å²) >= 11 is 0. The predicted molar refractivity (Wildman–Crippen MR) is 71.0 cm³/mol. The molecule has 0 saturated carbocycles. The number of amides is 2. The quantitative estimate of drug-likeness (QED) is 0.811. The zero-order valence-electron chi connectivity index (χ0n) is 12.3.